The fourth-order valence-electron chi connectivity index (χ4n) is 2.55. The molecule has 6 nitrogen and oxygen atoms in total. The average Bonchev–Trinajstić information content (AvgIpc) is 3.02. The van der Waals surface area contributed by atoms with Gasteiger partial charge >= 0.3 is 5.97 Å². The lowest BCUT2D eigenvalue weighted by atomic mass is 10.2. The Morgan fingerprint density at radius 1 is 1.22 bits per heavy atom. The predicted octanol–water partition coefficient (Wildman–Crippen LogP) is 3.59. The van der Waals surface area contributed by atoms with Gasteiger partial charge in [0.1, 0.15) is 19.2 Å². The molecule has 0 aliphatic rings. The highest BCUT2D eigenvalue weighted by Crippen LogP contribution is 2.21. The van der Waals surface area contributed by atoms with Gasteiger partial charge in [-0.05, 0) is 30.3 Å². The Morgan fingerprint density at radius 3 is 2.78 bits per heavy atom. The van der Waals surface area contributed by atoms with Gasteiger partial charge in [0.2, 0.25) is 0 Å². The largest absolute Gasteiger partial charge is 0.459 e. The Kier molecular flexibility index (Phi) is 5.65. The number of pyridine rings is 1. The number of hydrogen-bond acceptors (Lipinski definition) is 4. The van der Waals surface area contributed by atoms with Crippen molar-refractivity contribution in [3.05, 3.63) is 75.5 Å². The van der Waals surface area contributed by atoms with E-state index in [1.165, 1.54) is 18.2 Å². The van der Waals surface area contributed by atoms with Crippen LogP contribution in [0, 0.1) is 11.3 Å². The first-order valence-electron chi connectivity index (χ1n) is 7.87. The summed E-state index contributed by atoms with van der Waals surface area (Å²) >= 11 is 11.7. The van der Waals surface area contributed by atoms with E-state index in [9.17, 15) is 14.9 Å². The number of aromatic nitrogens is 1. The van der Waals surface area contributed by atoms with Crippen molar-refractivity contribution in [2.75, 3.05) is 6.54 Å². The highest BCUT2D eigenvalue weighted by atomic mass is 35.5. The molecule has 0 saturated heterocycles. The molecule has 3 rings (SSSR count). The molecule has 2 aromatic heterocycles. The summed E-state index contributed by atoms with van der Waals surface area (Å²) in [4.78, 5) is 24.0. The van der Waals surface area contributed by atoms with Gasteiger partial charge in [-0.25, -0.2) is 0 Å². The number of halogens is 2. The third-order valence-electron chi connectivity index (χ3n) is 3.83. The van der Waals surface area contributed by atoms with Crippen molar-refractivity contribution in [1.82, 2.24) is 9.72 Å². The average molecular weight is 402 g/mol. The minimum absolute atomic E-state index is 0.0685. The molecule has 0 bridgehead atoms. The summed E-state index contributed by atoms with van der Waals surface area (Å²) in [5.74, 6) is -1.14. The number of carbonyl (C=O) groups is 2. The van der Waals surface area contributed by atoms with Crippen LogP contribution in [0.15, 0.2) is 48.8 Å². The highest BCUT2D eigenvalue weighted by molar-refractivity contribution is 6.36. The smallest absolute Gasteiger partial charge is 0.325 e. The van der Waals surface area contributed by atoms with E-state index in [4.69, 9.17) is 27.9 Å². The number of ether oxygens (including phenoxy) is 1. The van der Waals surface area contributed by atoms with Crippen LogP contribution in [0.25, 0.3) is 5.52 Å². The zero-order chi connectivity index (χ0) is 19.4. The maximum Gasteiger partial charge on any atom is 0.325 e. The van der Waals surface area contributed by atoms with E-state index in [0.29, 0.717) is 16.1 Å². The number of carbonyl (C=O) groups excluding carboxylic acids is 2. The molecular weight excluding hydrogens is 389 g/mol. The number of nitrogens with one attached hydrogen (secondary N) is 1. The summed E-state index contributed by atoms with van der Waals surface area (Å²) < 4.78 is 6.95. The van der Waals surface area contributed by atoms with Crippen LogP contribution in [0.5, 0.6) is 0 Å². The molecule has 0 unspecified atom stereocenters. The van der Waals surface area contributed by atoms with Gasteiger partial charge in [0.25, 0.3) is 5.91 Å². The lowest BCUT2D eigenvalue weighted by Crippen LogP contribution is -2.30. The zero-order valence-corrected chi connectivity index (χ0v) is 15.4. The number of amides is 1. The Hall–Kier alpha value is -3.01. The van der Waals surface area contributed by atoms with Crippen molar-refractivity contribution in [3.63, 3.8) is 0 Å². The van der Waals surface area contributed by atoms with E-state index in [2.05, 4.69) is 11.4 Å². The van der Waals surface area contributed by atoms with Gasteiger partial charge in [-0.15, -0.1) is 0 Å². The molecule has 0 saturated carbocycles. The lowest BCUT2D eigenvalue weighted by molar-refractivity contribution is -0.143. The molecular formula is C19H13Cl2N3O3. The van der Waals surface area contributed by atoms with Crippen molar-refractivity contribution >= 4 is 40.6 Å². The van der Waals surface area contributed by atoms with Crippen molar-refractivity contribution in [2.45, 2.75) is 6.61 Å². The SMILES string of the molecule is N#Cc1c(COC(=O)CNC(=O)c2ccc(Cl)cc2Cl)cn2ccccc12. The molecule has 3 aromatic rings. The molecule has 1 N–H and O–H groups in total. The van der Waals surface area contributed by atoms with Gasteiger partial charge < -0.3 is 14.5 Å². The number of nitrogens with zero attached hydrogens (tertiary/aromatic N) is 2. The normalized spacial score (nSPS) is 10.4. The van der Waals surface area contributed by atoms with E-state index in [0.717, 1.165) is 5.52 Å². The van der Waals surface area contributed by atoms with Crippen molar-refractivity contribution in [3.8, 4) is 6.07 Å². The zero-order valence-electron chi connectivity index (χ0n) is 13.9. The van der Waals surface area contributed by atoms with Crippen LogP contribution in [-0.4, -0.2) is 22.8 Å². The maximum atomic E-state index is 12.1. The number of esters is 1. The van der Waals surface area contributed by atoms with Crippen molar-refractivity contribution in [2.24, 2.45) is 0 Å². The second-order valence-corrected chi connectivity index (χ2v) is 6.45. The minimum atomic E-state index is -0.632. The Labute approximate surface area is 164 Å². The highest BCUT2D eigenvalue weighted by Gasteiger charge is 2.15. The molecule has 0 spiro atoms. The molecule has 0 fully saturated rings. The number of rotatable bonds is 5. The summed E-state index contributed by atoms with van der Waals surface area (Å²) in [7, 11) is 0. The molecule has 0 atom stereocenters. The van der Waals surface area contributed by atoms with E-state index in [1.54, 1.807) is 22.9 Å². The van der Waals surface area contributed by atoms with E-state index in [1.807, 2.05) is 12.1 Å². The fourth-order valence-corrected chi connectivity index (χ4v) is 3.04. The first-order chi connectivity index (χ1) is 13.0. The van der Waals surface area contributed by atoms with Gasteiger partial charge in [0, 0.05) is 23.0 Å². The van der Waals surface area contributed by atoms with Crippen LogP contribution in [0.4, 0.5) is 0 Å². The van der Waals surface area contributed by atoms with Gasteiger partial charge in [0.15, 0.2) is 0 Å². The predicted molar refractivity (Wildman–Crippen MR) is 101 cm³/mol. The second kappa shape index (κ2) is 8.12. The molecule has 0 aliphatic carbocycles. The quantitative estimate of drug-likeness (QED) is 0.662. The molecule has 2 heterocycles. The number of hydrogen-bond donors (Lipinski definition) is 1. The topological polar surface area (TPSA) is 83.6 Å². The third-order valence-corrected chi connectivity index (χ3v) is 4.38. The Morgan fingerprint density at radius 2 is 2.04 bits per heavy atom. The summed E-state index contributed by atoms with van der Waals surface area (Å²) in [6.45, 7) is -0.395. The van der Waals surface area contributed by atoms with Crippen LogP contribution in [0.3, 0.4) is 0 Å². The fraction of sp³-hybridized carbons (Fsp3) is 0.105. The van der Waals surface area contributed by atoms with Gasteiger partial charge in [-0.1, -0.05) is 29.3 Å². The van der Waals surface area contributed by atoms with Crippen LogP contribution in [0.1, 0.15) is 21.5 Å². The molecule has 0 radical (unpaired) electrons. The van der Waals surface area contributed by atoms with Crippen LogP contribution in [0.2, 0.25) is 10.0 Å². The number of nitriles is 1. The summed E-state index contributed by atoms with van der Waals surface area (Å²) in [6.07, 6.45) is 3.53. The first-order valence-corrected chi connectivity index (χ1v) is 8.62. The lowest BCUT2D eigenvalue weighted by Gasteiger charge is -2.07. The Bertz CT molecular complexity index is 1070. The van der Waals surface area contributed by atoms with E-state index in [-0.39, 0.29) is 23.7 Å². The number of benzene rings is 1. The van der Waals surface area contributed by atoms with Gasteiger partial charge in [0.05, 0.1) is 21.7 Å². The molecule has 136 valence electrons. The molecule has 1 aromatic carbocycles. The maximum absolute atomic E-state index is 12.1. The summed E-state index contributed by atoms with van der Waals surface area (Å²) in [5, 5.41) is 12.4. The molecule has 1 amide bonds. The van der Waals surface area contributed by atoms with Gasteiger partial charge in [-0.2, -0.15) is 5.26 Å². The molecule has 27 heavy (non-hydrogen) atoms. The summed E-state index contributed by atoms with van der Waals surface area (Å²) in [6, 6.07) is 12.0. The van der Waals surface area contributed by atoms with Crippen molar-refractivity contribution < 1.29 is 14.3 Å². The minimum Gasteiger partial charge on any atom is -0.459 e. The van der Waals surface area contributed by atoms with Crippen LogP contribution >= 0.6 is 23.2 Å². The first kappa shape index (κ1) is 18.8. The van der Waals surface area contributed by atoms with Gasteiger partial charge in [-0.3, -0.25) is 9.59 Å². The van der Waals surface area contributed by atoms with Crippen molar-refractivity contribution in [1.29, 1.82) is 5.26 Å². The Balaban J connectivity index is 1.59. The second-order valence-electron chi connectivity index (χ2n) is 5.60. The van der Waals surface area contributed by atoms with Crippen LogP contribution < -0.4 is 5.32 Å². The van der Waals surface area contributed by atoms with Crippen LogP contribution in [-0.2, 0) is 16.1 Å². The molecule has 0 aliphatic heterocycles. The monoisotopic (exact) mass is 401 g/mol. The summed E-state index contributed by atoms with van der Waals surface area (Å²) in [5.41, 5.74) is 1.97. The third kappa shape index (κ3) is 4.22. The van der Waals surface area contributed by atoms with E-state index >= 15 is 0 Å². The standard InChI is InChI=1S/C19H13Cl2N3O3/c20-13-4-5-14(16(21)7-13)19(26)23-9-18(25)27-11-12-10-24-6-2-1-3-17(24)15(12)8-22/h1-7,10H,9,11H2,(H,23,26). The van der Waals surface area contributed by atoms with E-state index < -0.39 is 11.9 Å². The molecule has 8 heteroatoms. The number of fused-ring (bicyclic) bond motifs is 1.